The summed E-state index contributed by atoms with van der Waals surface area (Å²) in [5.41, 5.74) is 1.48. The smallest absolute Gasteiger partial charge is 0.0827 e. The Morgan fingerprint density at radius 2 is 1.77 bits per heavy atom. The largest absolute Gasteiger partial charge is 0.110 e. The molecule has 0 nitrogen and oxygen atoms in total. The fraction of sp³-hybridized carbons (Fsp3) is 0.111. The van der Waals surface area contributed by atoms with Gasteiger partial charge in [0, 0.05) is 0 Å². The van der Waals surface area contributed by atoms with Crippen LogP contribution in [0.2, 0.25) is 10.0 Å². The Labute approximate surface area is 97.0 Å². The highest BCUT2D eigenvalue weighted by Gasteiger charge is 2.07. The molecule has 0 aromatic heterocycles. The van der Waals surface area contributed by atoms with Crippen molar-refractivity contribution in [1.29, 1.82) is 0 Å². The van der Waals surface area contributed by atoms with E-state index in [-0.39, 0.29) is 4.49 Å². The van der Waals surface area contributed by atoms with Crippen LogP contribution >= 0.6 is 46.4 Å². The molecular formula is C9H6Cl4. The number of benzene rings is 1. The first-order valence-corrected chi connectivity index (χ1v) is 5.01. The van der Waals surface area contributed by atoms with Crippen LogP contribution in [0.3, 0.4) is 0 Å². The molecule has 0 aliphatic carbocycles. The molecule has 0 unspecified atom stereocenters. The minimum absolute atomic E-state index is 0.198. The summed E-state index contributed by atoms with van der Waals surface area (Å²) in [5, 5.41) is 0.966. The Morgan fingerprint density at radius 1 is 1.15 bits per heavy atom. The molecule has 0 fully saturated rings. The van der Waals surface area contributed by atoms with Crippen LogP contribution in [0, 0.1) is 0 Å². The van der Waals surface area contributed by atoms with Gasteiger partial charge in [-0.1, -0.05) is 58.5 Å². The molecule has 1 rings (SSSR count). The SMILES string of the molecule is CC(=C(Cl)Cl)c1cccc(Cl)c1Cl. The van der Waals surface area contributed by atoms with Gasteiger partial charge in [0.15, 0.2) is 0 Å². The zero-order valence-corrected chi connectivity index (χ0v) is 9.77. The average Bonchev–Trinajstić information content (AvgIpc) is 2.08. The first kappa shape index (κ1) is 11.2. The van der Waals surface area contributed by atoms with Crippen LogP contribution in [0.4, 0.5) is 0 Å². The number of rotatable bonds is 1. The zero-order chi connectivity index (χ0) is 10.0. The van der Waals surface area contributed by atoms with Gasteiger partial charge in [0.1, 0.15) is 4.49 Å². The van der Waals surface area contributed by atoms with Crippen molar-refractivity contribution in [3.05, 3.63) is 38.3 Å². The highest BCUT2D eigenvalue weighted by Crippen LogP contribution is 2.33. The van der Waals surface area contributed by atoms with Gasteiger partial charge in [-0.25, -0.2) is 0 Å². The lowest BCUT2D eigenvalue weighted by Gasteiger charge is -2.05. The van der Waals surface area contributed by atoms with E-state index < -0.39 is 0 Å². The molecule has 0 atom stereocenters. The van der Waals surface area contributed by atoms with Crippen molar-refractivity contribution < 1.29 is 0 Å². The second-order valence-corrected chi connectivity index (χ2v) is 4.22. The minimum Gasteiger partial charge on any atom is -0.0827 e. The highest BCUT2D eigenvalue weighted by molar-refractivity contribution is 6.58. The molecule has 0 heterocycles. The van der Waals surface area contributed by atoms with Crippen molar-refractivity contribution in [2.45, 2.75) is 6.92 Å². The van der Waals surface area contributed by atoms with Gasteiger partial charge in [0.2, 0.25) is 0 Å². The number of allylic oxidation sites excluding steroid dienone is 1. The van der Waals surface area contributed by atoms with Crippen molar-refractivity contribution in [3.8, 4) is 0 Å². The van der Waals surface area contributed by atoms with E-state index in [0.29, 0.717) is 10.0 Å². The van der Waals surface area contributed by atoms with Crippen LogP contribution in [-0.4, -0.2) is 0 Å². The third-order valence-corrected chi connectivity index (χ3v) is 3.02. The molecule has 1 aromatic rings. The summed E-state index contributed by atoms with van der Waals surface area (Å²) in [5.74, 6) is 0. The maximum Gasteiger partial charge on any atom is 0.110 e. The van der Waals surface area contributed by atoms with E-state index in [1.165, 1.54) is 0 Å². The van der Waals surface area contributed by atoms with Crippen LogP contribution in [0.15, 0.2) is 22.7 Å². The molecule has 0 saturated heterocycles. The summed E-state index contributed by atoms with van der Waals surface area (Å²) < 4.78 is 0.198. The van der Waals surface area contributed by atoms with Crippen molar-refractivity contribution >= 4 is 52.0 Å². The van der Waals surface area contributed by atoms with Crippen LogP contribution in [-0.2, 0) is 0 Å². The average molecular weight is 256 g/mol. The van der Waals surface area contributed by atoms with Gasteiger partial charge in [0.25, 0.3) is 0 Å². The third-order valence-electron chi connectivity index (χ3n) is 1.64. The molecule has 0 aliphatic rings. The van der Waals surface area contributed by atoms with Gasteiger partial charge in [-0.05, 0) is 24.1 Å². The van der Waals surface area contributed by atoms with Crippen LogP contribution in [0.1, 0.15) is 12.5 Å². The summed E-state index contributed by atoms with van der Waals surface area (Å²) in [4.78, 5) is 0. The monoisotopic (exact) mass is 254 g/mol. The lowest BCUT2D eigenvalue weighted by atomic mass is 10.1. The summed E-state index contributed by atoms with van der Waals surface area (Å²) in [6, 6.07) is 5.32. The maximum absolute atomic E-state index is 5.95. The van der Waals surface area contributed by atoms with Crippen molar-refractivity contribution in [1.82, 2.24) is 0 Å². The van der Waals surface area contributed by atoms with Gasteiger partial charge in [-0.2, -0.15) is 0 Å². The van der Waals surface area contributed by atoms with Crippen molar-refractivity contribution in [2.75, 3.05) is 0 Å². The van der Waals surface area contributed by atoms with E-state index in [0.717, 1.165) is 11.1 Å². The predicted molar refractivity (Wildman–Crippen MR) is 60.8 cm³/mol. The second kappa shape index (κ2) is 4.56. The first-order chi connectivity index (χ1) is 6.04. The number of hydrogen-bond donors (Lipinski definition) is 0. The first-order valence-electron chi connectivity index (χ1n) is 3.50. The molecule has 0 saturated carbocycles. The van der Waals surface area contributed by atoms with Crippen LogP contribution < -0.4 is 0 Å². The highest BCUT2D eigenvalue weighted by atomic mass is 35.5. The second-order valence-electron chi connectivity index (χ2n) is 2.49. The molecule has 0 aliphatic heterocycles. The van der Waals surface area contributed by atoms with E-state index in [4.69, 9.17) is 46.4 Å². The Balaban J connectivity index is 3.32. The Morgan fingerprint density at radius 3 is 2.31 bits per heavy atom. The number of halogens is 4. The van der Waals surface area contributed by atoms with E-state index in [1.54, 1.807) is 19.1 Å². The minimum atomic E-state index is 0.198. The third kappa shape index (κ3) is 2.54. The van der Waals surface area contributed by atoms with E-state index in [2.05, 4.69) is 0 Å². The lowest BCUT2D eigenvalue weighted by molar-refractivity contribution is 1.57. The Kier molecular flexibility index (Phi) is 3.93. The molecule has 0 bridgehead atoms. The summed E-state index contributed by atoms with van der Waals surface area (Å²) in [7, 11) is 0. The van der Waals surface area contributed by atoms with Gasteiger partial charge in [-0.3, -0.25) is 0 Å². The summed E-state index contributed by atoms with van der Waals surface area (Å²) in [6.07, 6.45) is 0. The topological polar surface area (TPSA) is 0 Å². The van der Waals surface area contributed by atoms with E-state index in [9.17, 15) is 0 Å². The van der Waals surface area contributed by atoms with E-state index >= 15 is 0 Å². The molecule has 70 valence electrons. The van der Waals surface area contributed by atoms with Crippen LogP contribution in [0.5, 0.6) is 0 Å². The molecule has 0 amide bonds. The maximum atomic E-state index is 5.95. The molecule has 0 N–H and O–H groups in total. The fourth-order valence-electron chi connectivity index (χ4n) is 0.895. The molecule has 0 spiro atoms. The Bertz CT molecular complexity index is 351. The van der Waals surface area contributed by atoms with Crippen molar-refractivity contribution in [3.63, 3.8) is 0 Å². The molecule has 13 heavy (non-hydrogen) atoms. The fourth-order valence-corrected chi connectivity index (χ4v) is 1.54. The van der Waals surface area contributed by atoms with Gasteiger partial charge >= 0.3 is 0 Å². The zero-order valence-electron chi connectivity index (χ0n) is 6.74. The molecule has 0 radical (unpaired) electrons. The standard InChI is InChI=1S/C9H6Cl4/c1-5(9(12)13)6-3-2-4-7(10)8(6)11/h2-4H,1H3. The Hall–Kier alpha value is 0.120. The molecule has 1 aromatic carbocycles. The van der Waals surface area contributed by atoms with Crippen LogP contribution in [0.25, 0.3) is 5.57 Å². The molecule has 4 heteroatoms. The quantitative estimate of drug-likeness (QED) is 0.650. The van der Waals surface area contributed by atoms with E-state index in [1.807, 2.05) is 6.07 Å². The summed E-state index contributed by atoms with van der Waals surface area (Å²) in [6.45, 7) is 1.78. The van der Waals surface area contributed by atoms with Gasteiger partial charge in [-0.15, -0.1) is 0 Å². The number of hydrogen-bond acceptors (Lipinski definition) is 0. The normalized spacial score (nSPS) is 9.92. The van der Waals surface area contributed by atoms with Crippen molar-refractivity contribution in [2.24, 2.45) is 0 Å². The van der Waals surface area contributed by atoms with Gasteiger partial charge < -0.3 is 0 Å². The molecular weight excluding hydrogens is 250 g/mol. The summed E-state index contributed by atoms with van der Waals surface area (Å²) >= 11 is 23.0. The van der Waals surface area contributed by atoms with Gasteiger partial charge in [0.05, 0.1) is 10.0 Å². The lowest BCUT2D eigenvalue weighted by Crippen LogP contribution is -1.82. The predicted octanol–water partition coefficient (Wildman–Crippen LogP) is 5.16.